The van der Waals surface area contributed by atoms with Gasteiger partial charge in [-0.2, -0.15) is 0 Å². The summed E-state index contributed by atoms with van der Waals surface area (Å²) in [6.45, 7) is 4.02. The van der Waals surface area contributed by atoms with Gasteiger partial charge in [0.15, 0.2) is 0 Å². The fraction of sp³-hybridized carbons (Fsp3) is 0.692. The van der Waals surface area contributed by atoms with Crippen LogP contribution in [0.2, 0.25) is 0 Å². The number of ether oxygens (including phenoxy) is 1. The molecule has 0 aromatic carbocycles. The van der Waals surface area contributed by atoms with E-state index in [1.165, 1.54) is 0 Å². The van der Waals surface area contributed by atoms with E-state index in [-0.39, 0.29) is 17.9 Å². The Labute approximate surface area is 96.9 Å². The largest absolute Gasteiger partial charge is 0.462 e. The number of cyclic esters (lactones) is 1. The van der Waals surface area contributed by atoms with Gasteiger partial charge in [0, 0.05) is 25.2 Å². The summed E-state index contributed by atoms with van der Waals surface area (Å²) < 4.78 is 5.15. The van der Waals surface area contributed by atoms with E-state index in [1.54, 1.807) is 0 Å². The van der Waals surface area contributed by atoms with Crippen LogP contribution in [0.1, 0.15) is 46.0 Å². The third kappa shape index (κ3) is 4.17. The molecule has 2 unspecified atom stereocenters. The molecule has 0 amide bonds. The molecule has 0 bridgehead atoms. The second kappa shape index (κ2) is 6.46. The van der Waals surface area contributed by atoms with Gasteiger partial charge in [-0.3, -0.25) is 9.59 Å². The molecule has 90 valence electrons. The Morgan fingerprint density at radius 2 is 2.25 bits per heavy atom. The normalized spacial score (nSPS) is 25.0. The van der Waals surface area contributed by atoms with Crippen LogP contribution < -0.4 is 0 Å². The van der Waals surface area contributed by atoms with E-state index in [1.807, 2.05) is 26.0 Å². The van der Waals surface area contributed by atoms with Crippen LogP contribution in [-0.2, 0) is 14.3 Å². The molecule has 0 aromatic rings. The Morgan fingerprint density at radius 3 is 2.81 bits per heavy atom. The molecule has 1 saturated heterocycles. The van der Waals surface area contributed by atoms with Crippen LogP contribution in [-0.4, -0.2) is 17.9 Å². The molecule has 1 rings (SSSR count). The number of hydrogen-bond donors (Lipinski definition) is 0. The van der Waals surface area contributed by atoms with Gasteiger partial charge >= 0.3 is 5.97 Å². The molecular formula is C13H20O3. The van der Waals surface area contributed by atoms with Crippen LogP contribution in [0.25, 0.3) is 0 Å². The van der Waals surface area contributed by atoms with Crippen molar-refractivity contribution in [2.24, 2.45) is 5.92 Å². The van der Waals surface area contributed by atoms with E-state index >= 15 is 0 Å². The number of carbonyl (C=O) groups is 2. The van der Waals surface area contributed by atoms with Crippen molar-refractivity contribution >= 4 is 11.8 Å². The maximum absolute atomic E-state index is 11.2. The Morgan fingerprint density at radius 1 is 1.50 bits per heavy atom. The second-order valence-electron chi connectivity index (χ2n) is 4.41. The van der Waals surface area contributed by atoms with Gasteiger partial charge in [0.25, 0.3) is 0 Å². The topological polar surface area (TPSA) is 43.4 Å². The standard InChI is InChI=1S/C13H20O3/c1-3-6-11(14)7-4-5-8-12-10(2)9-13(15)16-12/h4-5,10,12H,3,6-9H2,1-2H3. The Hall–Kier alpha value is -1.12. The third-order valence-corrected chi connectivity index (χ3v) is 2.82. The monoisotopic (exact) mass is 224 g/mol. The van der Waals surface area contributed by atoms with Crippen molar-refractivity contribution in [3.63, 3.8) is 0 Å². The maximum atomic E-state index is 11.2. The van der Waals surface area contributed by atoms with E-state index in [0.717, 1.165) is 12.8 Å². The van der Waals surface area contributed by atoms with Crippen molar-refractivity contribution in [3.8, 4) is 0 Å². The van der Waals surface area contributed by atoms with Crippen LogP contribution in [0.5, 0.6) is 0 Å². The lowest BCUT2D eigenvalue weighted by Crippen LogP contribution is -2.11. The summed E-state index contributed by atoms with van der Waals surface area (Å²) in [6, 6.07) is 0. The van der Waals surface area contributed by atoms with Gasteiger partial charge in [-0.15, -0.1) is 0 Å². The number of carbonyl (C=O) groups excluding carboxylic acids is 2. The Kier molecular flexibility index (Phi) is 5.23. The molecule has 1 fully saturated rings. The molecule has 0 spiro atoms. The summed E-state index contributed by atoms with van der Waals surface area (Å²) in [5.41, 5.74) is 0. The molecular weight excluding hydrogens is 204 g/mol. The fourth-order valence-corrected chi connectivity index (χ4v) is 1.83. The van der Waals surface area contributed by atoms with Gasteiger partial charge in [-0.1, -0.05) is 26.0 Å². The van der Waals surface area contributed by atoms with Gasteiger partial charge in [-0.25, -0.2) is 0 Å². The highest BCUT2D eigenvalue weighted by Crippen LogP contribution is 2.24. The molecule has 0 aromatic heterocycles. The van der Waals surface area contributed by atoms with Crippen molar-refractivity contribution in [2.45, 2.75) is 52.1 Å². The van der Waals surface area contributed by atoms with Crippen LogP contribution in [0.3, 0.4) is 0 Å². The van der Waals surface area contributed by atoms with Crippen LogP contribution in [0, 0.1) is 5.92 Å². The summed E-state index contributed by atoms with van der Waals surface area (Å²) >= 11 is 0. The average molecular weight is 224 g/mol. The molecule has 0 saturated carbocycles. The summed E-state index contributed by atoms with van der Waals surface area (Å²) in [7, 11) is 0. The van der Waals surface area contributed by atoms with E-state index in [0.29, 0.717) is 25.2 Å². The number of Topliss-reactive ketones (excluding diaryl/α,β-unsaturated/α-hetero) is 1. The number of rotatable bonds is 6. The van der Waals surface area contributed by atoms with Gasteiger partial charge in [-0.05, 0) is 6.42 Å². The molecule has 2 atom stereocenters. The van der Waals surface area contributed by atoms with E-state index < -0.39 is 0 Å². The van der Waals surface area contributed by atoms with Gasteiger partial charge in [0.1, 0.15) is 11.9 Å². The molecule has 0 radical (unpaired) electrons. The lowest BCUT2D eigenvalue weighted by Gasteiger charge is -2.10. The van der Waals surface area contributed by atoms with Crippen LogP contribution in [0.15, 0.2) is 12.2 Å². The van der Waals surface area contributed by atoms with Gasteiger partial charge in [0.2, 0.25) is 0 Å². The first-order chi connectivity index (χ1) is 7.63. The smallest absolute Gasteiger partial charge is 0.306 e. The molecule has 3 nitrogen and oxygen atoms in total. The van der Waals surface area contributed by atoms with Crippen molar-refractivity contribution in [1.29, 1.82) is 0 Å². The Balaban J connectivity index is 2.21. The number of hydrogen-bond acceptors (Lipinski definition) is 3. The zero-order chi connectivity index (χ0) is 12.0. The lowest BCUT2D eigenvalue weighted by molar-refractivity contribution is -0.141. The minimum Gasteiger partial charge on any atom is -0.462 e. The summed E-state index contributed by atoms with van der Waals surface area (Å²) in [5.74, 6) is 0.465. The summed E-state index contributed by atoms with van der Waals surface area (Å²) in [4.78, 5) is 22.2. The first kappa shape index (κ1) is 12.9. The molecule has 0 N–H and O–H groups in total. The third-order valence-electron chi connectivity index (χ3n) is 2.82. The van der Waals surface area contributed by atoms with E-state index in [9.17, 15) is 9.59 Å². The molecule has 1 aliphatic heterocycles. The highest BCUT2D eigenvalue weighted by Gasteiger charge is 2.29. The first-order valence-corrected chi connectivity index (χ1v) is 5.99. The maximum Gasteiger partial charge on any atom is 0.306 e. The van der Waals surface area contributed by atoms with Crippen molar-refractivity contribution in [2.75, 3.05) is 0 Å². The second-order valence-corrected chi connectivity index (χ2v) is 4.41. The summed E-state index contributed by atoms with van der Waals surface area (Å²) in [5, 5.41) is 0. The van der Waals surface area contributed by atoms with Gasteiger partial charge < -0.3 is 4.74 Å². The van der Waals surface area contributed by atoms with Crippen molar-refractivity contribution in [1.82, 2.24) is 0 Å². The number of esters is 1. The molecule has 16 heavy (non-hydrogen) atoms. The van der Waals surface area contributed by atoms with E-state index in [2.05, 4.69) is 0 Å². The van der Waals surface area contributed by atoms with Gasteiger partial charge in [0.05, 0.1) is 6.42 Å². The molecule has 0 aliphatic carbocycles. The zero-order valence-corrected chi connectivity index (χ0v) is 10.1. The minimum atomic E-state index is -0.104. The SMILES string of the molecule is CCCC(=O)CC=CCC1OC(=O)CC1C. The van der Waals surface area contributed by atoms with E-state index in [4.69, 9.17) is 4.74 Å². The number of allylic oxidation sites excluding steroid dienone is 1. The molecule has 3 heteroatoms. The highest BCUT2D eigenvalue weighted by molar-refractivity contribution is 5.79. The predicted molar refractivity (Wildman–Crippen MR) is 62.0 cm³/mol. The molecule has 1 heterocycles. The highest BCUT2D eigenvalue weighted by atomic mass is 16.5. The van der Waals surface area contributed by atoms with Crippen LogP contribution >= 0.6 is 0 Å². The summed E-state index contributed by atoms with van der Waals surface area (Å²) in [6.07, 6.45) is 7.15. The quantitative estimate of drug-likeness (QED) is 0.514. The zero-order valence-electron chi connectivity index (χ0n) is 10.1. The van der Waals surface area contributed by atoms with Crippen molar-refractivity contribution < 1.29 is 14.3 Å². The number of ketones is 1. The first-order valence-electron chi connectivity index (χ1n) is 5.99. The fourth-order valence-electron chi connectivity index (χ4n) is 1.83. The van der Waals surface area contributed by atoms with Crippen molar-refractivity contribution in [3.05, 3.63) is 12.2 Å². The average Bonchev–Trinajstić information content (AvgIpc) is 2.53. The predicted octanol–water partition coefficient (Wildman–Crippen LogP) is 2.64. The lowest BCUT2D eigenvalue weighted by atomic mass is 10.0. The molecule has 1 aliphatic rings. The minimum absolute atomic E-state index is 0.00465. The van der Waals surface area contributed by atoms with Crippen LogP contribution in [0.4, 0.5) is 0 Å². The Bertz CT molecular complexity index is 281.